The molecule has 112 valence electrons. The highest BCUT2D eigenvalue weighted by Gasteiger charge is 2.12. The molecule has 0 fully saturated rings. The molecule has 0 aliphatic rings. The fourth-order valence-electron chi connectivity index (χ4n) is 2.11. The Morgan fingerprint density at radius 1 is 1.35 bits per heavy atom. The SMILES string of the molecule is Cc1cccc(CCC(=O)N(C)CCC(N)C(C)C)c1. The first kappa shape index (κ1) is 16.7. The van der Waals surface area contributed by atoms with E-state index in [4.69, 9.17) is 5.73 Å². The van der Waals surface area contributed by atoms with Crippen LogP contribution in [0.5, 0.6) is 0 Å². The van der Waals surface area contributed by atoms with Gasteiger partial charge in [-0.3, -0.25) is 4.79 Å². The normalized spacial score (nSPS) is 12.5. The third kappa shape index (κ3) is 5.74. The second kappa shape index (κ2) is 8.05. The van der Waals surface area contributed by atoms with Crippen LogP contribution in [0.2, 0.25) is 0 Å². The Bertz CT molecular complexity index is 429. The Balaban J connectivity index is 2.35. The molecule has 0 bridgehead atoms. The van der Waals surface area contributed by atoms with Gasteiger partial charge >= 0.3 is 0 Å². The first-order chi connectivity index (χ1) is 9.40. The molecule has 20 heavy (non-hydrogen) atoms. The van der Waals surface area contributed by atoms with Gasteiger partial charge in [-0.2, -0.15) is 0 Å². The molecular formula is C17H28N2O. The third-order valence-electron chi connectivity index (χ3n) is 3.79. The van der Waals surface area contributed by atoms with Gasteiger partial charge in [0.05, 0.1) is 0 Å². The third-order valence-corrected chi connectivity index (χ3v) is 3.79. The fourth-order valence-corrected chi connectivity index (χ4v) is 2.11. The number of nitrogens with two attached hydrogens (primary N) is 1. The van der Waals surface area contributed by atoms with Gasteiger partial charge in [0.25, 0.3) is 0 Å². The average Bonchev–Trinajstić information content (AvgIpc) is 2.41. The predicted molar refractivity (Wildman–Crippen MR) is 84.6 cm³/mol. The molecule has 2 N–H and O–H groups in total. The van der Waals surface area contributed by atoms with Gasteiger partial charge in [-0.05, 0) is 31.2 Å². The molecule has 1 rings (SSSR count). The molecule has 0 aliphatic heterocycles. The first-order valence-corrected chi connectivity index (χ1v) is 7.45. The van der Waals surface area contributed by atoms with Gasteiger partial charge in [0, 0.05) is 26.1 Å². The summed E-state index contributed by atoms with van der Waals surface area (Å²) in [5.74, 6) is 0.660. The molecule has 0 radical (unpaired) electrons. The summed E-state index contributed by atoms with van der Waals surface area (Å²) in [6, 6.07) is 8.50. The van der Waals surface area contributed by atoms with Gasteiger partial charge in [0.15, 0.2) is 0 Å². The van der Waals surface area contributed by atoms with Crippen LogP contribution in [-0.2, 0) is 11.2 Å². The maximum absolute atomic E-state index is 12.1. The number of hydrogen-bond acceptors (Lipinski definition) is 2. The molecule has 1 aromatic carbocycles. The minimum atomic E-state index is 0.169. The van der Waals surface area contributed by atoms with E-state index < -0.39 is 0 Å². The van der Waals surface area contributed by atoms with Crippen LogP contribution in [0.3, 0.4) is 0 Å². The molecule has 1 unspecified atom stereocenters. The van der Waals surface area contributed by atoms with Crippen molar-refractivity contribution in [2.45, 2.75) is 46.1 Å². The molecular weight excluding hydrogens is 248 g/mol. The summed E-state index contributed by atoms with van der Waals surface area (Å²) in [5.41, 5.74) is 8.48. The smallest absolute Gasteiger partial charge is 0.222 e. The number of hydrogen-bond donors (Lipinski definition) is 1. The second-order valence-electron chi connectivity index (χ2n) is 6.00. The topological polar surface area (TPSA) is 46.3 Å². The summed E-state index contributed by atoms with van der Waals surface area (Å²) in [4.78, 5) is 13.9. The summed E-state index contributed by atoms with van der Waals surface area (Å²) in [5, 5.41) is 0. The molecule has 0 spiro atoms. The second-order valence-corrected chi connectivity index (χ2v) is 6.00. The number of benzene rings is 1. The van der Waals surface area contributed by atoms with Crippen LogP contribution >= 0.6 is 0 Å². The van der Waals surface area contributed by atoms with Crippen molar-refractivity contribution in [3.8, 4) is 0 Å². The lowest BCUT2D eigenvalue weighted by Crippen LogP contribution is -2.34. The summed E-state index contributed by atoms with van der Waals surface area (Å²) in [6.45, 7) is 7.05. The first-order valence-electron chi connectivity index (χ1n) is 7.45. The van der Waals surface area contributed by atoms with Gasteiger partial charge in [-0.1, -0.05) is 43.7 Å². The number of amides is 1. The van der Waals surface area contributed by atoms with Crippen molar-refractivity contribution in [2.75, 3.05) is 13.6 Å². The molecule has 0 heterocycles. The summed E-state index contributed by atoms with van der Waals surface area (Å²) in [7, 11) is 1.87. The van der Waals surface area contributed by atoms with Crippen molar-refractivity contribution in [2.24, 2.45) is 11.7 Å². The standard InChI is InChI=1S/C17H28N2O/c1-13(2)16(18)10-11-19(4)17(20)9-8-15-7-5-6-14(3)12-15/h5-7,12-13,16H,8-11,18H2,1-4H3. The van der Waals surface area contributed by atoms with Crippen molar-refractivity contribution < 1.29 is 4.79 Å². The number of aryl methyl sites for hydroxylation is 2. The lowest BCUT2D eigenvalue weighted by Gasteiger charge is -2.21. The molecule has 3 heteroatoms. The van der Waals surface area contributed by atoms with Crippen molar-refractivity contribution >= 4 is 5.91 Å². The highest BCUT2D eigenvalue weighted by atomic mass is 16.2. The zero-order valence-electron chi connectivity index (χ0n) is 13.2. The van der Waals surface area contributed by atoms with Crippen LogP contribution < -0.4 is 5.73 Å². The number of carbonyl (C=O) groups excluding carboxylic acids is 1. The van der Waals surface area contributed by atoms with E-state index >= 15 is 0 Å². The minimum Gasteiger partial charge on any atom is -0.346 e. The molecule has 0 saturated carbocycles. The van der Waals surface area contributed by atoms with E-state index in [1.807, 2.05) is 13.1 Å². The number of nitrogens with zero attached hydrogens (tertiary/aromatic N) is 1. The van der Waals surface area contributed by atoms with E-state index in [1.165, 1.54) is 11.1 Å². The van der Waals surface area contributed by atoms with E-state index in [0.29, 0.717) is 12.3 Å². The van der Waals surface area contributed by atoms with Gasteiger partial charge < -0.3 is 10.6 Å². The molecule has 3 nitrogen and oxygen atoms in total. The largest absolute Gasteiger partial charge is 0.346 e. The molecule has 0 aliphatic carbocycles. The molecule has 0 aromatic heterocycles. The van der Waals surface area contributed by atoms with Gasteiger partial charge in [0.1, 0.15) is 0 Å². The van der Waals surface area contributed by atoms with E-state index in [1.54, 1.807) is 4.90 Å². The molecule has 0 saturated heterocycles. The zero-order chi connectivity index (χ0) is 15.1. The maximum Gasteiger partial charge on any atom is 0.222 e. The quantitative estimate of drug-likeness (QED) is 0.832. The Hall–Kier alpha value is -1.35. The summed E-state index contributed by atoms with van der Waals surface area (Å²) >= 11 is 0. The monoisotopic (exact) mass is 276 g/mol. The predicted octanol–water partition coefficient (Wildman–Crippen LogP) is 2.76. The summed E-state index contributed by atoms with van der Waals surface area (Å²) in [6.07, 6.45) is 2.24. The Kier molecular flexibility index (Phi) is 6.73. The van der Waals surface area contributed by atoms with E-state index in [0.717, 1.165) is 19.4 Å². The Morgan fingerprint density at radius 2 is 2.05 bits per heavy atom. The van der Waals surface area contributed by atoms with E-state index in [2.05, 4.69) is 39.0 Å². The minimum absolute atomic E-state index is 0.169. The zero-order valence-corrected chi connectivity index (χ0v) is 13.2. The fraction of sp³-hybridized carbons (Fsp3) is 0.588. The lowest BCUT2D eigenvalue weighted by molar-refractivity contribution is -0.129. The van der Waals surface area contributed by atoms with E-state index in [9.17, 15) is 4.79 Å². The van der Waals surface area contributed by atoms with Crippen LogP contribution in [0.25, 0.3) is 0 Å². The lowest BCUT2D eigenvalue weighted by atomic mass is 10.0. The van der Waals surface area contributed by atoms with Crippen LogP contribution in [0.4, 0.5) is 0 Å². The number of carbonyl (C=O) groups is 1. The van der Waals surface area contributed by atoms with Crippen LogP contribution in [-0.4, -0.2) is 30.4 Å². The van der Waals surface area contributed by atoms with Crippen molar-refractivity contribution in [3.05, 3.63) is 35.4 Å². The average molecular weight is 276 g/mol. The van der Waals surface area contributed by atoms with Crippen molar-refractivity contribution in [1.29, 1.82) is 0 Å². The number of rotatable bonds is 7. The highest BCUT2D eigenvalue weighted by molar-refractivity contribution is 5.76. The van der Waals surface area contributed by atoms with E-state index in [-0.39, 0.29) is 11.9 Å². The van der Waals surface area contributed by atoms with Gasteiger partial charge in [0.2, 0.25) is 5.91 Å². The Labute approximate surface area is 123 Å². The molecule has 1 aromatic rings. The van der Waals surface area contributed by atoms with Gasteiger partial charge in [-0.15, -0.1) is 0 Å². The summed E-state index contributed by atoms with van der Waals surface area (Å²) < 4.78 is 0. The Morgan fingerprint density at radius 3 is 2.65 bits per heavy atom. The maximum atomic E-state index is 12.1. The van der Waals surface area contributed by atoms with Crippen LogP contribution in [0.15, 0.2) is 24.3 Å². The highest BCUT2D eigenvalue weighted by Crippen LogP contribution is 2.09. The van der Waals surface area contributed by atoms with Crippen molar-refractivity contribution in [3.63, 3.8) is 0 Å². The van der Waals surface area contributed by atoms with Crippen LogP contribution in [0, 0.1) is 12.8 Å². The molecule has 1 atom stereocenters. The van der Waals surface area contributed by atoms with Gasteiger partial charge in [-0.25, -0.2) is 0 Å². The van der Waals surface area contributed by atoms with Crippen molar-refractivity contribution in [1.82, 2.24) is 4.90 Å². The van der Waals surface area contributed by atoms with Crippen LogP contribution in [0.1, 0.15) is 37.8 Å². The molecule has 1 amide bonds.